The van der Waals surface area contributed by atoms with Crippen LogP contribution in [0.4, 0.5) is 5.82 Å². The third-order valence-electron chi connectivity index (χ3n) is 5.68. The van der Waals surface area contributed by atoms with Gasteiger partial charge in [-0.05, 0) is 28.5 Å². The van der Waals surface area contributed by atoms with Crippen LogP contribution in [0.25, 0.3) is 27.7 Å². The first-order chi connectivity index (χ1) is 16.2. The van der Waals surface area contributed by atoms with Crippen LogP contribution in [0, 0.1) is 0 Å². The molecule has 7 heteroatoms. The fourth-order valence-electron chi connectivity index (χ4n) is 4.12. The van der Waals surface area contributed by atoms with Gasteiger partial charge in [-0.15, -0.1) is 0 Å². The van der Waals surface area contributed by atoms with Gasteiger partial charge in [0.2, 0.25) is 5.75 Å². The molecule has 7 nitrogen and oxygen atoms in total. The summed E-state index contributed by atoms with van der Waals surface area (Å²) >= 11 is 0. The van der Waals surface area contributed by atoms with E-state index in [0.717, 1.165) is 22.5 Å². The molecule has 0 saturated carbocycles. The predicted molar refractivity (Wildman–Crippen MR) is 129 cm³/mol. The number of hydrogen-bond donors (Lipinski definition) is 1. The molecule has 0 unspecified atom stereocenters. The minimum absolute atomic E-state index is 0.514. The van der Waals surface area contributed by atoms with Gasteiger partial charge < -0.3 is 19.5 Å². The summed E-state index contributed by atoms with van der Waals surface area (Å²) in [6.45, 7) is 0.514. The molecular formula is C26H24N4O3. The van der Waals surface area contributed by atoms with Gasteiger partial charge in [0.05, 0.1) is 33.2 Å². The van der Waals surface area contributed by atoms with Crippen LogP contribution in [0.5, 0.6) is 17.2 Å². The van der Waals surface area contributed by atoms with Crippen LogP contribution >= 0.6 is 0 Å². The first-order valence-electron chi connectivity index (χ1n) is 10.6. The van der Waals surface area contributed by atoms with Crippen molar-refractivity contribution in [1.82, 2.24) is 14.4 Å². The molecule has 5 aromatic rings. The van der Waals surface area contributed by atoms with Crippen LogP contribution in [0.2, 0.25) is 0 Å². The number of aromatic nitrogens is 3. The lowest BCUT2D eigenvalue weighted by atomic mass is 10.0. The minimum atomic E-state index is 0.514. The van der Waals surface area contributed by atoms with E-state index in [-0.39, 0.29) is 0 Å². The number of anilines is 1. The summed E-state index contributed by atoms with van der Waals surface area (Å²) < 4.78 is 18.4. The summed E-state index contributed by atoms with van der Waals surface area (Å²) in [5.41, 5.74) is 3.87. The molecule has 0 aliphatic rings. The van der Waals surface area contributed by atoms with Crippen molar-refractivity contribution < 1.29 is 14.2 Å². The van der Waals surface area contributed by atoms with Crippen molar-refractivity contribution in [3.63, 3.8) is 0 Å². The van der Waals surface area contributed by atoms with Crippen molar-refractivity contribution in [3.8, 4) is 28.5 Å². The maximum atomic E-state index is 5.46. The summed E-state index contributed by atoms with van der Waals surface area (Å²) in [4.78, 5) is 9.21. The molecule has 0 bridgehead atoms. The average molecular weight is 441 g/mol. The zero-order valence-electron chi connectivity index (χ0n) is 18.7. The minimum Gasteiger partial charge on any atom is -0.493 e. The van der Waals surface area contributed by atoms with E-state index in [0.29, 0.717) is 29.6 Å². The van der Waals surface area contributed by atoms with Gasteiger partial charge in [0.25, 0.3) is 0 Å². The lowest BCUT2D eigenvalue weighted by Crippen LogP contribution is -2.05. The zero-order valence-corrected chi connectivity index (χ0v) is 18.7. The Morgan fingerprint density at radius 2 is 1.64 bits per heavy atom. The molecule has 0 radical (unpaired) electrons. The summed E-state index contributed by atoms with van der Waals surface area (Å²) in [6, 6.07) is 18.5. The lowest BCUT2D eigenvalue weighted by molar-refractivity contribution is 0.324. The number of fused-ring (bicyclic) bond motifs is 2. The molecule has 0 spiro atoms. The summed E-state index contributed by atoms with van der Waals surface area (Å²) in [5, 5.41) is 5.78. The Balaban J connectivity index is 1.50. The zero-order chi connectivity index (χ0) is 22.8. The number of nitrogens with one attached hydrogen (secondary N) is 1. The first kappa shape index (κ1) is 20.6. The Kier molecular flexibility index (Phi) is 5.44. The molecule has 0 saturated heterocycles. The highest BCUT2D eigenvalue weighted by Crippen LogP contribution is 2.38. The maximum absolute atomic E-state index is 5.46. The summed E-state index contributed by atoms with van der Waals surface area (Å²) in [5.74, 6) is 2.48. The van der Waals surface area contributed by atoms with Gasteiger partial charge in [0, 0.05) is 24.5 Å². The molecule has 0 aliphatic heterocycles. The van der Waals surface area contributed by atoms with Crippen LogP contribution in [0.3, 0.4) is 0 Å². The van der Waals surface area contributed by atoms with E-state index in [9.17, 15) is 0 Å². The number of methoxy groups -OCH3 is 3. The van der Waals surface area contributed by atoms with E-state index >= 15 is 0 Å². The fourth-order valence-corrected chi connectivity index (χ4v) is 4.12. The van der Waals surface area contributed by atoms with Crippen molar-refractivity contribution in [3.05, 3.63) is 78.8 Å². The molecular weight excluding hydrogens is 416 g/mol. The predicted octanol–water partition coefficient (Wildman–Crippen LogP) is 5.19. The van der Waals surface area contributed by atoms with Crippen molar-refractivity contribution in [2.75, 3.05) is 26.6 Å². The van der Waals surface area contributed by atoms with Crippen molar-refractivity contribution >= 4 is 22.2 Å². The summed E-state index contributed by atoms with van der Waals surface area (Å²) in [7, 11) is 4.81. The number of nitrogens with zero attached hydrogens (tertiary/aromatic N) is 3. The van der Waals surface area contributed by atoms with Crippen molar-refractivity contribution in [2.24, 2.45) is 0 Å². The highest BCUT2D eigenvalue weighted by atomic mass is 16.5. The van der Waals surface area contributed by atoms with Gasteiger partial charge in [-0.25, -0.2) is 9.97 Å². The summed E-state index contributed by atoms with van der Waals surface area (Å²) in [6.07, 6.45) is 5.61. The molecule has 166 valence electrons. The SMILES string of the molecule is COc1cc(CNc2nccn3c(-c4cccc5ccccc45)cnc23)cc(OC)c1OC. The third kappa shape index (κ3) is 3.67. The van der Waals surface area contributed by atoms with Crippen LogP contribution in [0.1, 0.15) is 5.56 Å². The highest BCUT2D eigenvalue weighted by Gasteiger charge is 2.15. The number of hydrogen-bond acceptors (Lipinski definition) is 6. The number of imidazole rings is 1. The van der Waals surface area contributed by atoms with Gasteiger partial charge in [0.1, 0.15) is 0 Å². The van der Waals surface area contributed by atoms with Crippen LogP contribution in [-0.4, -0.2) is 35.7 Å². The number of rotatable bonds is 7. The monoisotopic (exact) mass is 440 g/mol. The Morgan fingerprint density at radius 1 is 0.879 bits per heavy atom. The largest absolute Gasteiger partial charge is 0.493 e. The van der Waals surface area contributed by atoms with E-state index in [1.165, 1.54) is 10.8 Å². The number of ether oxygens (including phenoxy) is 3. The van der Waals surface area contributed by atoms with Crippen LogP contribution < -0.4 is 19.5 Å². The topological polar surface area (TPSA) is 69.9 Å². The van der Waals surface area contributed by atoms with E-state index in [1.807, 2.05) is 24.5 Å². The Hall–Kier alpha value is -4.26. The Bertz CT molecular complexity index is 1410. The normalized spacial score (nSPS) is 11.0. The molecule has 5 rings (SSSR count). The maximum Gasteiger partial charge on any atom is 0.203 e. The molecule has 0 atom stereocenters. The molecule has 33 heavy (non-hydrogen) atoms. The fraction of sp³-hybridized carbons (Fsp3) is 0.154. The second-order valence-corrected chi connectivity index (χ2v) is 7.53. The molecule has 2 aromatic heterocycles. The standard InChI is InChI=1S/C26H24N4O3/c1-31-22-13-17(14-23(32-2)24(22)33-3)15-28-25-26-29-16-21(30(26)12-11-27-25)20-10-6-8-18-7-4-5-9-19(18)20/h4-14,16H,15H2,1-3H3,(H,27,28). The van der Waals surface area contributed by atoms with Gasteiger partial charge in [-0.3, -0.25) is 4.40 Å². The lowest BCUT2D eigenvalue weighted by Gasteiger charge is -2.15. The number of benzene rings is 3. The van der Waals surface area contributed by atoms with Crippen molar-refractivity contribution in [2.45, 2.75) is 6.54 Å². The Labute approximate surface area is 191 Å². The van der Waals surface area contributed by atoms with Gasteiger partial charge in [-0.2, -0.15) is 0 Å². The van der Waals surface area contributed by atoms with E-state index in [1.54, 1.807) is 27.5 Å². The average Bonchev–Trinajstić information content (AvgIpc) is 3.31. The molecule has 0 amide bonds. The van der Waals surface area contributed by atoms with E-state index in [4.69, 9.17) is 14.2 Å². The molecule has 3 aromatic carbocycles. The van der Waals surface area contributed by atoms with Crippen LogP contribution in [0.15, 0.2) is 73.2 Å². The molecule has 0 aliphatic carbocycles. The van der Waals surface area contributed by atoms with Crippen molar-refractivity contribution in [1.29, 1.82) is 0 Å². The van der Waals surface area contributed by atoms with Gasteiger partial charge in [0.15, 0.2) is 23.0 Å². The second kappa shape index (κ2) is 8.70. The molecule has 2 heterocycles. The quantitative estimate of drug-likeness (QED) is 0.376. The van der Waals surface area contributed by atoms with Gasteiger partial charge in [-0.1, -0.05) is 42.5 Å². The molecule has 0 fully saturated rings. The third-order valence-corrected chi connectivity index (χ3v) is 5.68. The van der Waals surface area contributed by atoms with Gasteiger partial charge >= 0.3 is 0 Å². The first-order valence-corrected chi connectivity index (χ1v) is 10.6. The molecule has 1 N–H and O–H groups in total. The second-order valence-electron chi connectivity index (χ2n) is 7.53. The van der Waals surface area contributed by atoms with E-state index < -0.39 is 0 Å². The Morgan fingerprint density at radius 3 is 2.39 bits per heavy atom. The van der Waals surface area contributed by atoms with Crippen LogP contribution in [-0.2, 0) is 6.54 Å². The highest BCUT2D eigenvalue weighted by molar-refractivity contribution is 5.96. The van der Waals surface area contributed by atoms with E-state index in [2.05, 4.69) is 62.2 Å². The smallest absolute Gasteiger partial charge is 0.203 e.